The minimum atomic E-state index is 0.764. The summed E-state index contributed by atoms with van der Waals surface area (Å²) in [7, 11) is 0. The van der Waals surface area contributed by atoms with E-state index in [1.54, 1.807) is 6.20 Å². The summed E-state index contributed by atoms with van der Waals surface area (Å²) in [6.45, 7) is 5.41. The van der Waals surface area contributed by atoms with E-state index in [4.69, 9.17) is 5.73 Å². The Balaban J connectivity index is 3.05. The van der Waals surface area contributed by atoms with E-state index < -0.39 is 0 Å². The van der Waals surface area contributed by atoms with Gasteiger partial charge in [-0.1, -0.05) is 24.3 Å². The fourth-order valence-corrected chi connectivity index (χ4v) is 1.17. The van der Waals surface area contributed by atoms with Crippen LogP contribution < -0.4 is 5.73 Å². The maximum absolute atomic E-state index is 5.60. The van der Waals surface area contributed by atoms with Crippen molar-refractivity contribution >= 4 is 18.0 Å². The molecule has 0 atom stereocenters. The number of hydrogen-bond donors (Lipinski definition) is 1. The highest BCUT2D eigenvalue weighted by Crippen LogP contribution is 2.17. The molecule has 0 unspecified atom stereocenters. The highest BCUT2D eigenvalue weighted by atomic mass is 14.6. The third-order valence-corrected chi connectivity index (χ3v) is 1.82. The van der Waals surface area contributed by atoms with Gasteiger partial charge in [-0.2, -0.15) is 0 Å². The van der Waals surface area contributed by atoms with Gasteiger partial charge in [0.1, 0.15) is 0 Å². The molecule has 0 saturated heterocycles. The normalized spacial score (nSPS) is 11.9. The van der Waals surface area contributed by atoms with Crippen molar-refractivity contribution in [3.63, 3.8) is 0 Å². The van der Waals surface area contributed by atoms with Crippen LogP contribution in [0.2, 0.25) is 0 Å². The van der Waals surface area contributed by atoms with Gasteiger partial charge >= 0.3 is 0 Å². The van der Waals surface area contributed by atoms with Crippen LogP contribution in [0.1, 0.15) is 12.5 Å². The van der Waals surface area contributed by atoms with E-state index in [1.165, 1.54) is 0 Å². The Morgan fingerprint density at radius 2 is 2.00 bits per heavy atom. The van der Waals surface area contributed by atoms with E-state index in [2.05, 4.69) is 11.7 Å². The number of rotatable bonds is 3. The van der Waals surface area contributed by atoms with Crippen molar-refractivity contribution < 1.29 is 0 Å². The molecule has 0 aromatic heterocycles. The summed E-state index contributed by atoms with van der Waals surface area (Å²) in [5, 5.41) is 0. The van der Waals surface area contributed by atoms with Gasteiger partial charge in [-0.25, -0.2) is 0 Å². The molecule has 1 rings (SSSR count). The minimum absolute atomic E-state index is 0.764. The summed E-state index contributed by atoms with van der Waals surface area (Å²) in [6, 6.07) is 7.67. The first-order valence-corrected chi connectivity index (χ1v) is 4.42. The number of nitrogen functional groups attached to an aromatic ring is 1. The predicted octanol–water partition coefficient (Wildman–Crippen LogP) is 2.89. The smallest absolute Gasteiger partial charge is 0.0338 e. The molecule has 0 heterocycles. The third-order valence-electron chi connectivity index (χ3n) is 1.82. The predicted molar refractivity (Wildman–Crippen MR) is 63.2 cm³/mol. The molecule has 0 saturated carbocycles. The summed E-state index contributed by atoms with van der Waals surface area (Å²) in [6.07, 6.45) is 5.68. The van der Waals surface area contributed by atoms with Gasteiger partial charge in [0.05, 0.1) is 0 Å². The molecule has 0 amide bonds. The number of benzene rings is 1. The van der Waals surface area contributed by atoms with E-state index in [1.807, 2.05) is 43.3 Å². The first-order valence-electron chi connectivity index (χ1n) is 4.42. The molecular formula is C12H14N2. The average Bonchev–Trinajstić information content (AvgIpc) is 2.19. The molecule has 1 aromatic carbocycles. The van der Waals surface area contributed by atoms with Gasteiger partial charge in [0.2, 0.25) is 0 Å². The Hall–Kier alpha value is -1.83. The number of anilines is 1. The van der Waals surface area contributed by atoms with Crippen molar-refractivity contribution in [2.75, 3.05) is 5.73 Å². The van der Waals surface area contributed by atoms with Crippen LogP contribution in [0.15, 0.2) is 47.6 Å². The largest absolute Gasteiger partial charge is 0.399 e. The summed E-state index contributed by atoms with van der Waals surface area (Å²) in [4.78, 5) is 3.76. The summed E-state index contributed by atoms with van der Waals surface area (Å²) in [5.41, 5.74) is 8.48. The SMILES string of the molecule is C=N/C=C(\C=C/C)c1ccc(N)cc1. The molecule has 2 nitrogen and oxygen atoms in total. The zero-order chi connectivity index (χ0) is 10.4. The molecule has 0 fully saturated rings. The van der Waals surface area contributed by atoms with E-state index in [0.717, 1.165) is 16.8 Å². The van der Waals surface area contributed by atoms with Crippen molar-refractivity contribution in [2.45, 2.75) is 6.92 Å². The molecule has 0 radical (unpaired) electrons. The van der Waals surface area contributed by atoms with E-state index >= 15 is 0 Å². The quantitative estimate of drug-likeness (QED) is 0.440. The Labute approximate surface area is 84.5 Å². The van der Waals surface area contributed by atoms with Gasteiger partial charge < -0.3 is 5.73 Å². The first kappa shape index (κ1) is 10.3. The Bertz CT molecular complexity index is 358. The van der Waals surface area contributed by atoms with Crippen LogP contribution in [0.3, 0.4) is 0 Å². The van der Waals surface area contributed by atoms with Crippen LogP contribution in [-0.2, 0) is 0 Å². The first-order chi connectivity index (χ1) is 6.77. The highest BCUT2D eigenvalue weighted by molar-refractivity contribution is 5.74. The van der Waals surface area contributed by atoms with Gasteiger partial charge in [0.15, 0.2) is 0 Å². The van der Waals surface area contributed by atoms with Crippen LogP contribution in [0.25, 0.3) is 5.57 Å². The molecule has 2 N–H and O–H groups in total. The molecule has 0 aliphatic heterocycles. The Kier molecular flexibility index (Phi) is 3.68. The maximum atomic E-state index is 5.60. The lowest BCUT2D eigenvalue weighted by Crippen LogP contribution is -1.85. The van der Waals surface area contributed by atoms with Gasteiger partial charge in [-0.3, -0.25) is 4.99 Å². The van der Waals surface area contributed by atoms with Gasteiger partial charge in [-0.05, 0) is 36.9 Å². The summed E-state index contributed by atoms with van der Waals surface area (Å²) < 4.78 is 0. The zero-order valence-corrected chi connectivity index (χ0v) is 8.27. The average molecular weight is 186 g/mol. The van der Waals surface area contributed by atoms with Crippen LogP contribution in [0, 0.1) is 0 Å². The van der Waals surface area contributed by atoms with E-state index in [-0.39, 0.29) is 0 Å². The monoisotopic (exact) mass is 186 g/mol. The van der Waals surface area contributed by atoms with Crippen LogP contribution in [0.5, 0.6) is 0 Å². The second-order valence-electron chi connectivity index (χ2n) is 2.89. The maximum Gasteiger partial charge on any atom is 0.0338 e. The topological polar surface area (TPSA) is 38.4 Å². The lowest BCUT2D eigenvalue weighted by atomic mass is 10.1. The highest BCUT2D eigenvalue weighted by Gasteiger charge is 1.95. The minimum Gasteiger partial charge on any atom is -0.399 e. The Morgan fingerprint density at radius 1 is 1.36 bits per heavy atom. The number of nitrogens with zero attached hydrogens (tertiary/aromatic N) is 1. The molecule has 2 heteroatoms. The number of hydrogen-bond acceptors (Lipinski definition) is 2. The van der Waals surface area contributed by atoms with Crippen molar-refractivity contribution in [3.8, 4) is 0 Å². The molecule has 0 spiro atoms. The zero-order valence-electron chi connectivity index (χ0n) is 8.27. The van der Waals surface area contributed by atoms with Crippen molar-refractivity contribution in [2.24, 2.45) is 4.99 Å². The number of nitrogens with two attached hydrogens (primary N) is 1. The molecule has 1 aromatic rings. The molecular weight excluding hydrogens is 172 g/mol. The number of allylic oxidation sites excluding steroid dienone is 3. The van der Waals surface area contributed by atoms with Gasteiger partial charge in [-0.15, -0.1) is 0 Å². The van der Waals surface area contributed by atoms with Gasteiger partial charge in [0.25, 0.3) is 0 Å². The van der Waals surface area contributed by atoms with Crippen molar-refractivity contribution in [1.29, 1.82) is 0 Å². The van der Waals surface area contributed by atoms with Crippen LogP contribution >= 0.6 is 0 Å². The fourth-order valence-electron chi connectivity index (χ4n) is 1.17. The van der Waals surface area contributed by atoms with Crippen molar-refractivity contribution in [1.82, 2.24) is 0 Å². The van der Waals surface area contributed by atoms with Crippen LogP contribution in [0.4, 0.5) is 5.69 Å². The summed E-state index contributed by atoms with van der Waals surface area (Å²) in [5.74, 6) is 0. The van der Waals surface area contributed by atoms with E-state index in [0.29, 0.717) is 0 Å². The molecule has 0 bridgehead atoms. The summed E-state index contributed by atoms with van der Waals surface area (Å²) >= 11 is 0. The molecule has 72 valence electrons. The van der Waals surface area contributed by atoms with Crippen molar-refractivity contribution in [3.05, 3.63) is 48.2 Å². The standard InChI is InChI=1S/C12H14N2/c1-3-4-11(9-14-2)10-5-7-12(13)8-6-10/h3-9H,2,13H2,1H3/b4-3-,11-9+. The molecule has 14 heavy (non-hydrogen) atoms. The Morgan fingerprint density at radius 3 is 2.50 bits per heavy atom. The molecule has 0 aliphatic carbocycles. The van der Waals surface area contributed by atoms with E-state index in [9.17, 15) is 0 Å². The number of aliphatic imine (C=N–C) groups is 1. The fraction of sp³-hybridized carbons (Fsp3) is 0.0833. The lowest BCUT2D eigenvalue weighted by Gasteiger charge is -2.01. The lowest BCUT2D eigenvalue weighted by molar-refractivity contribution is 1.55. The second kappa shape index (κ2) is 5.02. The third kappa shape index (κ3) is 2.59. The molecule has 0 aliphatic rings. The van der Waals surface area contributed by atoms with Gasteiger partial charge in [0, 0.05) is 11.9 Å². The van der Waals surface area contributed by atoms with Crippen LogP contribution in [-0.4, -0.2) is 6.72 Å². The second-order valence-corrected chi connectivity index (χ2v) is 2.89.